The quantitative estimate of drug-likeness (QED) is 0.782. The third kappa shape index (κ3) is 2.53. The third-order valence-electron chi connectivity index (χ3n) is 2.13. The van der Waals surface area contributed by atoms with Crippen LogP contribution < -0.4 is 10.6 Å². The van der Waals surface area contributed by atoms with Crippen LogP contribution in [0.2, 0.25) is 0 Å². The van der Waals surface area contributed by atoms with Gasteiger partial charge in [0.25, 0.3) is 5.91 Å². The Labute approximate surface area is 91.3 Å². The molecule has 1 atom stereocenters. The summed E-state index contributed by atoms with van der Waals surface area (Å²) in [5, 5.41) is 9.20. The van der Waals surface area contributed by atoms with Crippen molar-refractivity contribution in [1.29, 1.82) is 0 Å². The van der Waals surface area contributed by atoms with Crippen molar-refractivity contribution in [2.45, 2.75) is 6.10 Å². The summed E-state index contributed by atoms with van der Waals surface area (Å²) in [4.78, 5) is 12.5. The summed E-state index contributed by atoms with van der Waals surface area (Å²) in [6.07, 6.45) is -1.35. The van der Waals surface area contributed by atoms with E-state index in [1.165, 1.54) is 13.1 Å². The molecule has 0 aliphatic heterocycles. The first kappa shape index (κ1) is 12.5. The maximum atomic E-state index is 12.9. The van der Waals surface area contributed by atoms with Gasteiger partial charge in [-0.3, -0.25) is 4.79 Å². The molecule has 0 bridgehead atoms. The predicted octanol–water partition coefficient (Wildman–Crippen LogP) is 0.247. The van der Waals surface area contributed by atoms with E-state index < -0.39 is 23.6 Å². The van der Waals surface area contributed by atoms with Crippen molar-refractivity contribution in [2.24, 2.45) is 5.73 Å². The average molecular weight is 230 g/mol. The smallest absolute Gasteiger partial charge is 0.256 e. The second kappa shape index (κ2) is 5.00. The van der Waals surface area contributed by atoms with Crippen LogP contribution in [0.1, 0.15) is 0 Å². The molecule has 1 amide bonds. The van der Waals surface area contributed by atoms with Gasteiger partial charge in [0.1, 0.15) is 6.10 Å². The van der Waals surface area contributed by atoms with Gasteiger partial charge in [0.05, 0.1) is 0 Å². The molecule has 3 N–H and O–H groups in total. The summed E-state index contributed by atoms with van der Waals surface area (Å²) in [6, 6.07) is 3.01. The van der Waals surface area contributed by atoms with Crippen LogP contribution in [0, 0.1) is 11.6 Å². The van der Waals surface area contributed by atoms with E-state index in [2.05, 4.69) is 0 Å². The highest BCUT2D eigenvalue weighted by atomic mass is 19.2. The van der Waals surface area contributed by atoms with Crippen LogP contribution in [0.15, 0.2) is 18.2 Å². The zero-order valence-electron chi connectivity index (χ0n) is 8.65. The molecule has 1 aromatic carbocycles. The summed E-state index contributed by atoms with van der Waals surface area (Å²) in [5.41, 5.74) is 5.26. The van der Waals surface area contributed by atoms with Crippen LogP contribution in [0.5, 0.6) is 0 Å². The van der Waals surface area contributed by atoms with Crippen LogP contribution in [-0.4, -0.2) is 30.7 Å². The first-order valence-electron chi connectivity index (χ1n) is 4.58. The molecule has 0 heterocycles. The molecule has 6 heteroatoms. The number of rotatable bonds is 3. The number of aliphatic hydroxyl groups excluding tert-OH is 1. The Hall–Kier alpha value is -1.53. The number of nitrogens with two attached hydrogens (primary N) is 1. The second-order valence-electron chi connectivity index (χ2n) is 3.25. The normalized spacial score (nSPS) is 12.3. The number of anilines is 1. The van der Waals surface area contributed by atoms with Gasteiger partial charge in [0, 0.05) is 25.3 Å². The molecule has 88 valence electrons. The fourth-order valence-electron chi connectivity index (χ4n) is 1.15. The first-order valence-corrected chi connectivity index (χ1v) is 4.58. The molecular weight excluding hydrogens is 218 g/mol. The Bertz CT molecular complexity index is 398. The van der Waals surface area contributed by atoms with E-state index in [4.69, 9.17) is 5.73 Å². The summed E-state index contributed by atoms with van der Waals surface area (Å²) in [6.45, 7) is -0.229. The van der Waals surface area contributed by atoms with Gasteiger partial charge in [-0.15, -0.1) is 0 Å². The average Bonchev–Trinajstić information content (AvgIpc) is 2.29. The predicted molar refractivity (Wildman–Crippen MR) is 54.8 cm³/mol. The van der Waals surface area contributed by atoms with Gasteiger partial charge in [-0.25, -0.2) is 8.78 Å². The number of carbonyl (C=O) groups is 1. The Kier molecular flexibility index (Phi) is 3.92. The molecule has 0 fully saturated rings. The Balaban J connectivity index is 2.92. The molecule has 1 rings (SSSR count). The van der Waals surface area contributed by atoms with Crippen LogP contribution >= 0.6 is 0 Å². The summed E-state index contributed by atoms with van der Waals surface area (Å²) in [7, 11) is 1.34. The maximum absolute atomic E-state index is 12.9. The largest absolute Gasteiger partial charge is 0.382 e. The zero-order chi connectivity index (χ0) is 12.3. The van der Waals surface area contributed by atoms with E-state index in [1.807, 2.05) is 0 Å². The summed E-state index contributed by atoms with van der Waals surface area (Å²) < 4.78 is 25.5. The third-order valence-corrected chi connectivity index (χ3v) is 2.13. The molecule has 16 heavy (non-hydrogen) atoms. The highest BCUT2D eigenvalue weighted by Gasteiger charge is 2.19. The molecule has 4 nitrogen and oxygen atoms in total. The second-order valence-corrected chi connectivity index (χ2v) is 3.25. The van der Waals surface area contributed by atoms with Crippen LogP contribution in [-0.2, 0) is 4.79 Å². The zero-order valence-corrected chi connectivity index (χ0v) is 8.65. The van der Waals surface area contributed by atoms with E-state index in [0.717, 1.165) is 17.0 Å². The van der Waals surface area contributed by atoms with Crippen LogP contribution in [0.4, 0.5) is 14.5 Å². The van der Waals surface area contributed by atoms with E-state index in [9.17, 15) is 18.7 Å². The summed E-state index contributed by atoms with van der Waals surface area (Å²) in [5.74, 6) is -2.73. The first-order chi connectivity index (χ1) is 7.47. The lowest BCUT2D eigenvalue weighted by Gasteiger charge is -2.20. The van der Waals surface area contributed by atoms with Crippen molar-refractivity contribution in [3.8, 4) is 0 Å². The van der Waals surface area contributed by atoms with Gasteiger partial charge in [0.2, 0.25) is 0 Å². The van der Waals surface area contributed by atoms with Crippen molar-refractivity contribution in [3.05, 3.63) is 29.8 Å². The number of nitrogens with zero attached hydrogens (tertiary/aromatic N) is 1. The highest BCUT2D eigenvalue weighted by molar-refractivity contribution is 5.96. The van der Waals surface area contributed by atoms with Gasteiger partial charge in [-0.05, 0) is 12.1 Å². The molecule has 0 saturated heterocycles. The van der Waals surface area contributed by atoms with Gasteiger partial charge in [-0.2, -0.15) is 0 Å². The minimum absolute atomic E-state index is 0.149. The molecule has 0 saturated carbocycles. The molecule has 0 aliphatic carbocycles. The molecule has 0 radical (unpaired) electrons. The lowest BCUT2D eigenvalue weighted by molar-refractivity contribution is -0.125. The molecule has 0 spiro atoms. The SMILES string of the molecule is CN(C(=O)C(O)CN)c1ccc(F)c(F)c1. The van der Waals surface area contributed by atoms with E-state index in [-0.39, 0.29) is 12.2 Å². The minimum Gasteiger partial charge on any atom is -0.382 e. The number of hydrogen-bond acceptors (Lipinski definition) is 3. The van der Waals surface area contributed by atoms with Crippen LogP contribution in [0.25, 0.3) is 0 Å². The van der Waals surface area contributed by atoms with Gasteiger partial charge >= 0.3 is 0 Å². The van der Waals surface area contributed by atoms with Gasteiger partial charge < -0.3 is 15.7 Å². The topological polar surface area (TPSA) is 66.6 Å². The monoisotopic (exact) mass is 230 g/mol. The highest BCUT2D eigenvalue weighted by Crippen LogP contribution is 2.17. The lowest BCUT2D eigenvalue weighted by Crippen LogP contribution is -2.40. The number of likely N-dealkylation sites (N-methyl/N-ethyl adjacent to an activating group) is 1. The minimum atomic E-state index is -1.35. The molecular formula is C10H12F2N2O2. The maximum Gasteiger partial charge on any atom is 0.256 e. The number of amides is 1. The van der Waals surface area contributed by atoms with E-state index >= 15 is 0 Å². The molecule has 0 aromatic heterocycles. The number of aliphatic hydroxyl groups is 1. The van der Waals surface area contributed by atoms with E-state index in [1.54, 1.807) is 0 Å². The van der Waals surface area contributed by atoms with Crippen molar-refractivity contribution in [3.63, 3.8) is 0 Å². The fraction of sp³-hybridized carbons (Fsp3) is 0.300. The van der Waals surface area contributed by atoms with Crippen molar-refractivity contribution >= 4 is 11.6 Å². The van der Waals surface area contributed by atoms with Gasteiger partial charge in [0.15, 0.2) is 11.6 Å². The van der Waals surface area contributed by atoms with Crippen molar-refractivity contribution in [1.82, 2.24) is 0 Å². The standard InChI is InChI=1S/C10H12F2N2O2/c1-14(10(16)9(15)5-13)6-2-3-7(11)8(12)4-6/h2-4,9,15H,5,13H2,1H3. The van der Waals surface area contributed by atoms with Crippen LogP contribution in [0.3, 0.4) is 0 Å². The Morgan fingerprint density at radius 2 is 2.12 bits per heavy atom. The molecule has 0 aliphatic rings. The van der Waals surface area contributed by atoms with Gasteiger partial charge in [-0.1, -0.05) is 0 Å². The fourth-order valence-corrected chi connectivity index (χ4v) is 1.15. The number of carbonyl (C=O) groups excluding carboxylic acids is 1. The number of halogens is 2. The number of benzene rings is 1. The van der Waals surface area contributed by atoms with Crippen molar-refractivity contribution in [2.75, 3.05) is 18.5 Å². The lowest BCUT2D eigenvalue weighted by atomic mass is 10.2. The Morgan fingerprint density at radius 3 is 2.62 bits per heavy atom. The van der Waals surface area contributed by atoms with Crippen molar-refractivity contribution < 1.29 is 18.7 Å². The number of hydrogen-bond donors (Lipinski definition) is 2. The Morgan fingerprint density at radius 1 is 1.50 bits per heavy atom. The van der Waals surface area contributed by atoms with E-state index in [0.29, 0.717) is 0 Å². The molecule has 1 aromatic rings. The molecule has 1 unspecified atom stereocenters. The summed E-state index contributed by atoms with van der Waals surface area (Å²) >= 11 is 0.